The van der Waals surface area contributed by atoms with E-state index in [1.165, 1.54) is 10.4 Å². The van der Waals surface area contributed by atoms with Gasteiger partial charge in [-0.15, -0.1) is 0 Å². The molecule has 0 bridgehead atoms. The molecule has 25 heavy (non-hydrogen) atoms. The first kappa shape index (κ1) is 17.3. The molecule has 2 aromatic rings. The lowest BCUT2D eigenvalue weighted by Gasteiger charge is -2.33. The Labute approximate surface area is 145 Å². The average molecular weight is 363 g/mol. The minimum Gasteiger partial charge on any atom is -0.354 e. The maximum absolute atomic E-state index is 11.4. The quantitative estimate of drug-likeness (QED) is 0.638. The lowest BCUT2D eigenvalue weighted by molar-refractivity contribution is -0.384. The molecular formula is C15H17N5O4S. The molecule has 132 valence electrons. The van der Waals surface area contributed by atoms with Crippen LogP contribution in [0.2, 0.25) is 0 Å². The number of benzene rings is 1. The molecule has 0 atom stereocenters. The molecule has 9 nitrogen and oxygen atoms in total. The summed E-state index contributed by atoms with van der Waals surface area (Å²) in [4.78, 5) is 17.2. The number of aromatic nitrogens is 1. The van der Waals surface area contributed by atoms with Crippen LogP contribution in [-0.2, 0) is 10.2 Å². The third-order valence-electron chi connectivity index (χ3n) is 4.03. The number of anilines is 1. The number of hydrogen-bond donors (Lipinski definition) is 1. The van der Waals surface area contributed by atoms with E-state index in [2.05, 4.69) is 4.98 Å². The maximum atomic E-state index is 11.4. The molecule has 2 heterocycles. The predicted molar refractivity (Wildman–Crippen MR) is 93.2 cm³/mol. The van der Waals surface area contributed by atoms with E-state index in [0.29, 0.717) is 24.5 Å². The van der Waals surface area contributed by atoms with Crippen molar-refractivity contribution in [2.75, 3.05) is 31.1 Å². The fourth-order valence-corrected chi connectivity index (χ4v) is 3.42. The molecule has 2 N–H and O–H groups in total. The Morgan fingerprint density at radius 1 is 1.04 bits per heavy atom. The molecule has 0 radical (unpaired) electrons. The highest BCUT2D eigenvalue weighted by molar-refractivity contribution is 7.86. The first-order valence-electron chi connectivity index (χ1n) is 7.60. The van der Waals surface area contributed by atoms with Crippen molar-refractivity contribution in [3.8, 4) is 11.3 Å². The normalized spacial score (nSPS) is 16.0. The van der Waals surface area contributed by atoms with Crippen molar-refractivity contribution in [2.45, 2.75) is 0 Å². The molecule has 3 rings (SSSR count). The molecule has 1 aromatic heterocycles. The molecule has 1 fully saturated rings. The molecule has 1 aliphatic heterocycles. The van der Waals surface area contributed by atoms with E-state index < -0.39 is 15.1 Å². The van der Waals surface area contributed by atoms with Crippen molar-refractivity contribution in [3.05, 3.63) is 52.6 Å². The standard InChI is InChI=1S/C15H17N5O4S/c16-25(23,24)19-10-8-18(9-11-19)14-7-6-13(20(21)22)15(17-14)12-4-2-1-3-5-12/h1-7H,8-11H2,(H2,16,23,24). The summed E-state index contributed by atoms with van der Waals surface area (Å²) in [7, 11) is -3.70. The first-order chi connectivity index (χ1) is 11.9. The van der Waals surface area contributed by atoms with Crippen LogP contribution in [0.25, 0.3) is 11.3 Å². The van der Waals surface area contributed by atoms with E-state index in [1.54, 1.807) is 30.3 Å². The molecule has 1 saturated heterocycles. The summed E-state index contributed by atoms with van der Waals surface area (Å²) in [6.45, 7) is 1.32. The predicted octanol–water partition coefficient (Wildman–Crippen LogP) is 0.982. The Balaban J connectivity index is 1.90. The molecule has 0 saturated carbocycles. The van der Waals surface area contributed by atoms with Gasteiger partial charge in [0.05, 0.1) is 4.92 Å². The second kappa shape index (κ2) is 6.75. The van der Waals surface area contributed by atoms with Gasteiger partial charge < -0.3 is 4.90 Å². The summed E-state index contributed by atoms with van der Waals surface area (Å²) in [5.74, 6) is 0.568. The van der Waals surface area contributed by atoms with E-state index in [1.807, 2.05) is 11.0 Å². The number of pyridine rings is 1. The van der Waals surface area contributed by atoms with Crippen molar-refractivity contribution >= 4 is 21.7 Å². The van der Waals surface area contributed by atoms with E-state index in [9.17, 15) is 18.5 Å². The van der Waals surface area contributed by atoms with Crippen LogP contribution in [0.3, 0.4) is 0 Å². The average Bonchev–Trinajstić information content (AvgIpc) is 2.61. The third-order valence-corrected chi connectivity index (χ3v) is 5.11. The van der Waals surface area contributed by atoms with Crippen LogP contribution in [0.15, 0.2) is 42.5 Å². The van der Waals surface area contributed by atoms with Gasteiger partial charge in [0.15, 0.2) is 5.69 Å². The van der Waals surface area contributed by atoms with Gasteiger partial charge in [-0.25, -0.2) is 10.1 Å². The summed E-state index contributed by atoms with van der Waals surface area (Å²) in [6, 6.07) is 11.9. The fourth-order valence-electron chi connectivity index (χ4n) is 2.75. The van der Waals surface area contributed by atoms with Crippen molar-refractivity contribution < 1.29 is 13.3 Å². The molecule has 0 amide bonds. The fraction of sp³-hybridized carbons (Fsp3) is 0.267. The number of rotatable bonds is 4. The first-order valence-corrected chi connectivity index (χ1v) is 9.10. The second-order valence-corrected chi connectivity index (χ2v) is 7.14. The maximum Gasteiger partial charge on any atom is 0.295 e. The number of hydrogen-bond acceptors (Lipinski definition) is 6. The topological polar surface area (TPSA) is 123 Å². The monoisotopic (exact) mass is 363 g/mol. The van der Waals surface area contributed by atoms with Crippen LogP contribution in [0.4, 0.5) is 11.5 Å². The minimum atomic E-state index is -3.70. The van der Waals surface area contributed by atoms with Crippen LogP contribution in [0.1, 0.15) is 0 Å². The molecule has 0 aliphatic carbocycles. The van der Waals surface area contributed by atoms with Crippen molar-refractivity contribution in [2.24, 2.45) is 5.14 Å². The molecule has 0 unspecified atom stereocenters. The van der Waals surface area contributed by atoms with E-state index in [4.69, 9.17) is 5.14 Å². The Morgan fingerprint density at radius 2 is 1.68 bits per heavy atom. The largest absolute Gasteiger partial charge is 0.354 e. The van der Waals surface area contributed by atoms with Gasteiger partial charge in [-0.1, -0.05) is 30.3 Å². The third kappa shape index (κ3) is 3.76. The van der Waals surface area contributed by atoms with E-state index >= 15 is 0 Å². The Bertz CT molecular complexity index is 880. The van der Waals surface area contributed by atoms with Crippen molar-refractivity contribution in [1.82, 2.24) is 9.29 Å². The molecule has 1 aromatic carbocycles. The van der Waals surface area contributed by atoms with Crippen LogP contribution in [0, 0.1) is 10.1 Å². The summed E-state index contributed by atoms with van der Waals surface area (Å²) in [5.41, 5.74) is 0.870. The minimum absolute atomic E-state index is 0.0712. The summed E-state index contributed by atoms with van der Waals surface area (Å²) in [6.07, 6.45) is 0. The smallest absolute Gasteiger partial charge is 0.295 e. The van der Waals surface area contributed by atoms with Crippen LogP contribution < -0.4 is 10.0 Å². The second-order valence-electron chi connectivity index (χ2n) is 5.59. The number of nitrogens with two attached hydrogens (primary N) is 1. The van der Waals surface area contributed by atoms with Gasteiger partial charge in [-0.2, -0.15) is 12.7 Å². The van der Waals surface area contributed by atoms with Crippen LogP contribution in [0.5, 0.6) is 0 Å². The molecule has 0 spiro atoms. The lowest BCUT2D eigenvalue weighted by Crippen LogP contribution is -2.50. The van der Waals surface area contributed by atoms with Crippen LogP contribution in [-0.4, -0.2) is 48.8 Å². The zero-order valence-electron chi connectivity index (χ0n) is 13.3. The van der Waals surface area contributed by atoms with Gasteiger partial charge >= 0.3 is 0 Å². The molecular weight excluding hydrogens is 346 g/mol. The Hall–Kier alpha value is -2.56. The van der Waals surface area contributed by atoms with Gasteiger partial charge in [0, 0.05) is 37.8 Å². The SMILES string of the molecule is NS(=O)(=O)N1CCN(c2ccc([N+](=O)[O-])c(-c3ccccc3)n2)CC1. The number of piperazine rings is 1. The van der Waals surface area contributed by atoms with Gasteiger partial charge in [-0.3, -0.25) is 10.1 Å². The highest BCUT2D eigenvalue weighted by atomic mass is 32.2. The van der Waals surface area contributed by atoms with Crippen LogP contribution >= 0.6 is 0 Å². The van der Waals surface area contributed by atoms with Crippen molar-refractivity contribution in [3.63, 3.8) is 0 Å². The molecule has 1 aliphatic rings. The Morgan fingerprint density at radius 3 is 2.24 bits per heavy atom. The lowest BCUT2D eigenvalue weighted by atomic mass is 10.1. The van der Waals surface area contributed by atoms with E-state index in [0.717, 1.165) is 0 Å². The Kier molecular flexibility index (Phi) is 4.66. The number of nitrogens with zero attached hydrogens (tertiary/aromatic N) is 4. The highest BCUT2D eigenvalue weighted by Crippen LogP contribution is 2.30. The summed E-state index contributed by atoms with van der Waals surface area (Å²) < 4.78 is 24.0. The van der Waals surface area contributed by atoms with Gasteiger partial charge in [0.25, 0.3) is 15.9 Å². The van der Waals surface area contributed by atoms with Gasteiger partial charge in [0.1, 0.15) is 5.82 Å². The van der Waals surface area contributed by atoms with Crippen molar-refractivity contribution in [1.29, 1.82) is 0 Å². The zero-order valence-corrected chi connectivity index (χ0v) is 14.1. The number of nitro groups is 1. The van der Waals surface area contributed by atoms with E-state index in [-0.39, 0.29) is 24.5 Å². The zero-order chi connectivity index (χ0) is 18.0. The summed E-state index contributed by atoms with van der Waals surface area (Å²) in [5, 5.41) is 16.4. The van der Waals surface area contributed by atoms with Gasteiger partial charge in [0.2, 0.25) is 0 Å². The highest BCUT2D eigenvalue weighted by Gasteiger charge is 2.26. The summed E-state index contributed by atoms with van der Waals surface area (Å²) >= 11 is 0. The molecule has 10 heteroatoms. The van der Waals surface area contributed by atoms with Gasteiger partial charge in [-0.05, 0) is 6.07 Å².